The standard InChI is InChI=1S/C4H5N.C4H4O.2C3H4N2.2C3H3NO.3C2H3N3.2C2H2N2O.CH2N4/c2*1-2-4-5-3-1;1-2-5-3-4-1;1-2-4-5-3-1;1-2-5-3-4-1;1-2-4-5-3-1;2*1-3-2-5-4-1;1-2-4-5-3-1;1-3-4-2-5-1;1-3-2-5-4-1;1-2-4-5-3-1/h1-5H;1-4H;2*1-3H,(H,4,5);2*1-3H;3*1-2H,(H,3,4,5);2*1-2H;1H,(H,2,3,4,5). The quantitative estimate of drug-likeness (QED) is 0.115. The minimum Gasteiger partial charge on any atom is -0.473 e. The highest BCUT2D eigenvalue weighted by Crippen LogP contribution is 1.80. The molecule has 0 spiro atoms. The van der Waals surface area contributed by atoms with Crippen molar-refractivity contribution in [3.8, 4) is 0 Å². The Morgan fingerprint density at radius 3 is 1.32 bits per heavy atom. The summed E-state index contributed by atoms with van der Waals surface area (Å²) in [5.41, 5.74) is 0. The van der Waals surface area contributed by atoms with E-state index >= 15 is 0 Å². The Kier molecular flexibility index (Phi) is 36.4. The van der Waals surface area contributed by atoms with Gasteiger partial charge in [-0.1, -0.05) is 15.5 Å². The number of hydrogen-bond acceptors (Lipinski definition) is 22. The Morgan fingerprint density at radius 1 is 0.350 bits per heavy atom. The van der Waals surface area contributed by atoms with Gasteiger partial charge in [-0.05, 0) is 36.4 Å². The fourth-order valence-corrected chi connectivity index (χ4v) is 2.19. The first-order valence-corrected chi connectivity index (χ1v) is 16.0. The van der Waals surface area contributed by atoms with Gasteiger partial charge in [-0.25, -0.2) is 24.9 Å². The first-order chi connectivity index (χ1) is 30.0. The number of tetrazole rings is 1. The summed E-state index contributed by atoms with van der Waals surface area (Å²) in [6, 6.07) is 11.1. The Balaban J connectivity index is 0.000000327. The molecule has 29 nitrogen and oxygen atoms in total. The molecule has 0 unspecified atom stereocenters. The van der Waals surface area contributed by atoms with Gasteiger partial charge in [0, 0.05) is 37.2 Å². The first-order valence-electron chi connectivity index (χ1n) is 16.0. The molecule has 0 atom stereocenters. The summed E-state index contributed by atoms with van der Waals surface area (Å²) in [7, 11) is 0. The molecule has 0 amide bonds. The van der Waals surface area contributed by atoms with Gasteiger partial charge in [-0.2, -0.15) is 35.9 Å². The summed E-state index contributed by atoms with van der Waals surface area (Å²) in [6.07, 6.45) is 38.7. The largest absolute Gasteiger partial charge is 0.473 e. The molecule has 12 rings (SSSR count). The Labute approximate surface area is 337 Å². The Hall–Kier alpha value is -9.83. The maximum atomic E-state index is 4.58. The van der Waals surface area contributed by atoms with Crippen LogP contribution < -0.4 is 0 Å². The van der Waals surface area contributed by atoms with Crippen LogP contribution in [0.1, 0.15) is 0 Å². The third-order valence-electron chi connectivity index (χ3n) is 4.26. The molecule has 0 aliphatic carbocycles. The number of H-pyrrole nitrogens is 7. The molecule has 7 N–H and O–H groups in total. The van der Waals surface area contributed by atoms with Gasteiger partial charge in [0.25, 0.3) is 0 Å². The molecule has 0 saturated heterocycles. The van der Waals surface area contributed by atoms with Crippen LogP contribution in [0.3, 0.4) is 0 Å². The fourth-order valence-electron chi connectivity index (χ4n) is 2.19. The van der Waals surface area contributed by atoms with E-state index < -0.39 is 0 Å². The van der Waals surface area contributed by atoms with E-state index in [9.17, 15) is 0 Å². The SMILES string of the molecule is c1c[nH]cn1.c1cc[nH]c1.c1ccoc1.c1cn[nH]c1.c1cn[nH]n1.c1cnoc1.c1cocn1.c1nc[nH]n1.c1nc[nH]n1.c1ncon1.c1nn[nH]n1.c1nnco1. The van der Waals surface area contributed by atoms with Crippen LogP contribution in [0.2, 0.25) is 0 Å². The number of nitrogens with one attached hydrogen (secondary N) is 7. The Morgan fingerprint density at radius 2 is 1.13 bits per heavy atom. The lowest BCUT2D eigenvalue weighted by molar-refractivity contribution is 0.416. The van der Waals surface area contributed by atoms with Gasteiger partial charge < -0.3 is 32.3 Å². The maximum absolute atomic E-state index is 4.58. The highest BCUT2D eigenvalue weighted by molar-refractivity contribution is 4.85. The number of furan rings is 1. The van der Waals surface area contributed by atoms with Crippen LogP contribution in [0.4, 0.5) is 0 Å². The van der Waals surface area contributed by atoms with E-state index in [2.05, 4.69) is 144 Å². The molecular formula is C31H38N24O5. The van der Waals surface area contributed by atoms with Gasteiger partial charge in [0.2, 0.25) is 19.2 Å². The molecule has 312 valence electrons. The zero-order chi connectivity index (χ0) is 42.4. The van der Waals surface area contributed by atoms with Crippen LogP contribution in [0.5, 0.6) is 0 Å². The molecule has 12 aromatic rings. The van der Waals surface area contributed by atoms with E-state index in [-0.39, 0.29) is 0 Å². The van der Waals surface area contributed by atoms with Crippen molar-refractivity contribution < 1.29 is 22.3 Å². The molecule has 0 aliphatic heterocycles. The molecule has 12 heterocycles. The number of oxazole rings is 1. The third-order valence-corrected chi connectivity index (χ3v) is 4.26. The summed E-state index contributed by atoms with van der Waals surface area (Å²) in [5, 5.41) is 52.9. The lowest BCUT2D eigenvalue weighted by atomic mass is 10.7. The number of hydrogen-bond donors (Lipinski definition) is 7. The topological polar surface area (TPSA) is 395 Å². The van der Waals surface area contributed by atoms with Crippen LogP contribution in [0.15, 0.2) is 216 Å². The van der Waals surface area contributed by atoms with E-state index in [1.165, 1.54) is 76.1 Å². The second-order valence-corrected chi connectivity index (χ2v) is 8.25. The molecule has 0 bridgehead atoms. The van der Waals surface area contributed by atoms with Gasteiger partial charge in [0.05, 0.1) is 43.6 Å². The van der Waals surface area contributed by atoms with Gasteiger partial charge in [-0.15, -0.1) is 20.4 Å². The highest BCUT2D eigenvalue weighted by atomic mass is 16.5. The lowest BCUT2D eigenvalue weighted by Gasteiger charge is -1.50. The third kappa shape index (κ3) is 42.6. The summed E-state index contributed by atoms with van der Waals surface area (Å²) in [6.45, 7) is 0. The van der Waals surface area contributed by atoms with Crippen molar-refractivity contribution >= 4 is 0 Å². The summed E-state index contributed by atoms with van der Waals surface area (Å²) in [5.74, 6) is 0. The zero-order valence-corrected chi connectivity index (χ0v) is 31.0. The van der Waals surface area contributed by atoms with Crippen molar-refractivity contribution in [2.24, 2.45) is 0 Å². The van der Waals surface area contributed by atoms with Crippen LogP contribution in [0, 0.1) is 0 Å². The van der Waals surface area contributed by atoms with Gasteiger partial charge in [-0.3, -0.25) is 15.3 Å². The Bertz CT molecular complexity index is 1320. The first kappa shape index (κ1) is 48.2. The second kappa shape index (κ2) is 45.3. The average Bonchev–Trinajstić information content (AvgIpc) is 4.19. The normalized spacial score (nSPS) is 8.00. The molecule has 0 aliphatic rings. The molecule has 0 fully saturated rings. The van der Waals surface area contributed by atoms with Crippen molar-refractivity contribution in [1.29, 1.82) is 0 Å². The lowest BCUT2D eigenvalue weighted by Crippen LogP contribution is -1.64. The van der Waals surface area contributed by atoms with Gasteiger partial charge in [0.1, 0.15) is 37.8 Å². The van der Waals surface area contributed by atoms with Crippen LogP contribution in [-0.4, -0.2) is 122 Å². The molecule has 29 heteroatoms. The summed E-state index contributed by atoms with van der Waals surface area (Å²) < 4.78 is 22.0. The number of imidazole rings is 1. The number of nitrogens with zero attached hydrogens (tertiary/aromatic N) is 17. The smallest absolute Gasteiger partial charge is 0.213 e. The van der Waals surface area contributed by atoms with E-state index in [0.717, 1.165) is 0 Å². The minimum atomic E-state index is 1.26. The van der Waals surface area contributed by atoms with E-state index in [0.29, 0.717) is 0 Å². The van der Waals surface area contributed by atoms with E-state index in [4.69, 9.17) is 0 Å². The van der Waals surface area contributed by atoms with Crippen LogP contribution >= 0.6 is 0 Å². The van der Waals surface area contributed by atoms with E-state index in [1.54, 1.807) is 74.5 Å². The predicted molar refractivity (Wildman–Crippen MR) is 202 cm³/mol. The van der Waals surface area contributed by atoms with Crippen molar-refractivity contribution in [3.05, 3.63) is 193 Å². The van der Waals surface area contributed by atoms with Crippen molar-refractivity contribution in [3.63, 3.8) is 0 Å². The molecule has 0 aromatic carbocycles. The average molecular weight is 827 g/mol. The summed E-state index contributed by atoms with van der Waals surface area (Å²) >= 11 is 0. The maximum Gasteiger partial charge on any atom is 0.213 e. The number of aromatic nitrogens is 24. The summed E-state index contributed by atoms with van der Waals surface area (Å²) in [4.78, 5) is 23.4. The molecule has 0 saturated carbocycles. The van der Waals surface area contributed by atoms with Crippen molar-refractivity contribution in [2.75, 3.05) is 0 Å². The predicted octanol–water partition coefficient (Wildman–Crippen LogP) is 3.22. The van der Waals surface area contributed by atoms with Gasteiger partial charge >= 0.3 is 0 Å². The van der Waals surface area contributed by atoms with Crippen LogP contribution in [-0.2, 0) is 0 Å². The van der Waals surface area contributed by atoms with Crippen LogP contribution in [0.25, 0.3) is 0 Å². The fraction of sp³-hybridized carbons (Fsp3) is 0. The van der Waals surface area contributed by atoms with E-state index in [1.807, 2.05) is 42.7 Å². The molecule has 0 radical (unpaired) electrons. The van der Waals surface area contributed by atoms with Gasteiger partial charge in [0.15, 0.2) is 19.0 Å². The van der Waals surface area contributed by atoms with Crippen molar-refractivity contribution in [1.82, 2.24) is 122 Å². The highest BCUT2D eigenvalue weighted by Gasteiger charge is 1.64. The molecule has 12 aromatic heterocycles. The van der Waals surface area contributed by atoms with Crippen molar-refractivity contribution in [2.45, 2.75) is 0 Å². The molecular weight excluding hydrogens is 789 g/mol. The second-order valence-electron chi connectivity index (χ2n) is 8.25. The monoisotopic (exact) mass is 826 g/mol. The number of rotatable bonds is 0. The zero-order valence-electron chi connectivity index (χ0n) is 31.0. The minimum absolute atomic E-state index is 1.26. The number of aromatic amines is 7. The molecule has 60 heavy (non-hydrogen) atoms.